The lowest BCUT2D eigenvalue weighted by atomic mass is 10.1. The maximum absolute atomic E-state index is 12.5. The zero-order valence-electron chi connectivity index (χ0n) is 12.2. The third-order valence-electron chi connectivity index (χ3n) is 3.15. The Kier molecular flexibility index (Phi) is 6.32. The number of hydrogen-bond donors (Lipinski definition) is 2. The molecule has 0 spiro atoms. The van der Waals surface area contributed by atoms with Gasteiger partial charge in [-0.15, -0.1) is 0 Å². The van der Waals surface area contributed by atoms with Gasteiger partial charge in [-0.3, -0.25) is 0 Å². The molecule has 0 saturated heterocycles. The van der Waals surface area contributed by atoms with Gasteiger partial charge in [0.25, 0.3) is 0 Å². The molecule has 0 amide bonds. The summed E-state index contributed by atoms with van der Waals surface area (Å²) in [4.78, 5) is 11.2. The molecular weight excluding hydrogens is 294 g/mol. The summed E-state index contributed by atoms with van der Waals surface area (Å²) in [6.45, 7) is 3.64. The lowest BCUT2D eigenvalue weighted by Crippen LogP contribution is -2.34. The number of hydrogen-bond acceptors (Lipinski definition) is 4. The number of aliphatic hydroxyl groups excluding tert-OH is 1. The summed E-state index contributed by atoms with van der Waals surface area (Å²) < 4.78 is 26.2. The number of aryl methyl sites for hydroxylation is 1. The maximum Gasteiger partial charge on any atom is 0.336 e. The van der Waals surface area contributed by atoms with E-state index in [1.807, 2.05) is 13.8 Å². The minimum Gasteiger partial charge on any atom is -0.478 e. The van der Waals surface area contributed by atoms with Crippen LogP contribution in [-0.2, 0) is 16.4 Å². The number of carbonyl (C=O) groups is 1. The normalized spacial score (nSPS) is 11.8. The monoisotopic (exact) mass is 315 g/mol. The zero-order valence-corrected chi connectivity index (χ0v) is 13.1. The van der Waals surface area contributed by atoms with Gasteiger partial charge in [-0.25, -0.2) is 13.2 Å². The molecule has 1 aromatic carbocycles. The average Bonchev–Trinajstić information content (AvgIpc) is 2.46. The number of nitrogens with zero attached hydrogens (tertiary/aromatic N) is 1. The molecule has 0 unspecified atom stereocenters. The molecule has 0 bridgehead atoms. The molecule has 0 aliphatic rings. The van der Waals surface area contributed by atoms with Gasteiger partial charge >= 0.3 is 5.97 Å². The number of sulfonamides is 1. The van der Waals surface area contributed by atoms with Crippen LogP contribution in [0.4, 0.5) is 0 Å². The Bertz CT molecular complexity index is 591. The van der Waals surface area contributed by atoms with Crippen molar-refractivity contribution in [2.45, 2.75) is 31.6 Å². The second-order valence-electron chi connectivity index (χ2n) is 4.61. The van der Waals surface area contributed by atoms with Crippen LogP contribution >= 0.6 is 0 Å². The molecule has 0 aliphatic heterocycles. The fraction of sp³-hybridized carbons (Fsp3) is 0.500. The Morgan fingerprint density at radius 1 is 1.24 bits per heavy atom. The van der Waals surface area contributed by atoms with Gasteiger partial charge < -0.3 is 10.2 Å². The van der Waals surface area contributed by atoms with Crippen LogP contribution in [0.2, 0.25) is 0 Å². The third kappa shape index (κ3) is 4.03. The quantitative estimate of drug-likeness (QED) is 0.755. The molecule has 1 aromatic rings. The van der Waals surface area contributed by atoms with Gasteiger partial charge in [-0.05, 0) is 30.5 Å². The van der Waals surface area contributed by atoms with Crippen LogP contribution in [0, 0.1) is 0 Å². The van der Waals surface area contributed by atoms with E-state index in [0.717, 1.165) is 0 Å². The minimum atomic E-state index is -3.80. The van der Waals surface area contributed by atoms with Gasteiger partial charge in [0, 0.05) is 13.1 Å². The van der Waals surface area contributed by atoms with Crippen molar-refractivity contribution in [3.63, 3.8) is 0 Å². The molecule has 0 radical (unpaired) electrons. The van der Waals surface area contributed by atoms with E-state index in [0.29, 0.717) is 18.4 Å². The van der Waals surface area contributed by atoms with Crippen molar-refractivity contribution in [2.24, 2.45) is 0 Å². The van der Waals surface area contributed by atoms with Crippen molar-refractivity contribution >= 4 is 16.0 Å². The highest BCUT2D eigenvalue weighted by atomic mass is 32.2. The lowest BCUT2D eigenvalue weighted by Gasteiger charge is -2.21. The summed E-state index contributed by atoms with van der Waals surface area (Å²) in [5.41, 5.74) is 0.588. The number of rotatable bonds is 8. The van der Waals surface area contributed by atoms with Gasteiger partial charge in [0.15, 0.2) is 0 Å². The fourth-order valence-corrected chi connectivity index (χ4v) is 3.64. The molecule has 0 saturated carbocycles. The van der Waals surface area contributed by atoms with Gasteiger partial charge in [-0.1, -0.05) is 19.9 Å². The number of benzene rings is 1. The highest BCUT2D eigenvalue weighted by Gasteiger charge is 2.25. The molecule has 118 valence electrons. The molecular formula is C14H21NO5S. The van der Waals surface area contributed by atoms with Crippen LogP contribution in [0.5, 0.6) is 0 Å². The number of carboxylic acids is 1. The van der Waals surface area contributed by atoms with Crippen LogP contribution in [0.3, 0.4) is 0 Å². The van der Waals surface area contributed by atoms with Gasteiger partial charge in [0.1, 0.15) is 0 Å². The van der Waals surface area contributed by atoms with Crippen LogP contribution < -0.4 is 0 Å². The van der Waals surface area contributed by atoms with E-state index >= 15 is 0 Å². The lowest BCUT2D eigenvalue weighted by molar-refractivity contribution is 0.0695. The summed E-state index contributed by atoms with van der Waals surface area (Å²) in [6.07, 6.45) is 1.12. The molecule has 21 heavy (non-hydrogen) atoms. The van der Waals surface area contributed by atoms with E-state index in [9.17, 15) is 18.3 Å². The van der Waals surface area contributed by atoms with Crippen molar-refractivity contribution in [1.82, 2.24) is 4.31 Å². The van der Waals surface area contributed by atoms with Crippen molar-refractivity contribution in [3.8, 4) is 0 Å². The molecule has 6 nitrogen and oxygen atoms in total. The fourth-order valence-electron chi connectivity index (χ4n) is 2.09. The van der Waals surface area contributed by atoms with Crippen LogP contribution in [-0.4, -0.2) is 48.6 Å². The Morgan fingerprint density at radius 2 is 1.90 bits per heavy atom. The molecule has 2 N–H and O–H groups in total. The third-order valence-corrected chi connectivity index (χ3v) is 5.05. The first-order chi connectivity index (χ1) is 9.88. The summed E-state index contributed by atoms with van der Waals surface area (Å²) in [5, 5.41) is 18.2. The first-order valence-corrected chi connectivity index (χ1v) is 8.29. The Labute approximate surface area is 125 Å². The van der Waals surface area contributed by atoms with Crippen molar-refractivity contribution < 1.29 is 23.4 Å². The first-order valence-electron chi connectivity index (χ1n) is 6.85. The Morgan fingerprint density at radius 3 is 2.38 bits per heavy atom. The average molecular weight is 315 g/mol. The summed E-state index contributed by atoms with van der Waals surface area (Å²) in [5.74, 6) is -1.15. The molecule has 0 aliphatic carbocycles. The SMILES string of the molecule is CCCN(CCO)S(=O)(=O)c1ccc(CC)c(C(=O)O)c1. The molecule has 0 fully saturated rings. The predicted molar refractivity (Wildman–Crippen MR) is 78.9 cm³/mol. The van der Waals surface area contributed by atoms with Crippen LogP contribution in [0.1, 0.15) is 36.2 Å². The zero-order chi connectivity index (χ0) is 16.0. The Hall–Kier alpha value is -1.44. The van der Waals surface area contributed by atoms with E-state index in [2.05, 4.69) is 0 Å². The summed E-state index contributed by atoms with van der Waals surface area (Å²) >= 11 is 0. The van der Waals surface area contributed by atoms with E-state index in [1.54, 1.807) is 0 Å². The highest BCUT2D eigenvalue weighted by molar-refractivity contribution is 7.89. The summed E-state index contributed by atoms with van der Waals surface area (Å²) in [6, 6.07) is 4.14. The topological polar surface area (TPSA) is 94.9 Å². The van der Waals surface area contributed by atoms with Crippen molar-refractivity contribution in [3.05, 3.63) is 29.3 Å². The van der Waals surface area contributed by atoms with Gasteiger partial charge in [-0.2, -0.15) is 4.31 Å². The minimum absolute atomic E-state index is 0.000906. The van der Waals surface area contributed by atoms with Crippen LogP contribution in [0.15, 0.2) is 23.1 Å². The standard InChI is InChI=1S/C14H21NO5S/c1-3-7-15(8-9-16)21(19,20)12-6-5-11(4-2)13(10-12)14(17)18/h5-6,10,16H,3-4,7-9H2,1-2H3,(H,17,18). The van der Waals surface area contributed by atoms with E-state index in [-0.39, 0.29) is 30.2 Å². The molecule has 7 heteroatoms. The smallest absolute Gasteiger partial charge is 0.336 e. The Balaban J connectivity index is 3.30. The summed E-state index contributed by atoms with van der Waals surface area (Å²) in [7, 11) is -3.80. The largest absolute Gasteiger partial charge is 0.478 e. The molecule has 0 atom stereocenters. The molecule has 1 rings (SSSR count). The van der Waals surface area contributed by atoms with E-state index in [1.165, 1.54) is 22.5 Å². The molecule has 0 aromatic heterocycles. The van der Waals surface area contributed by atoms with Crippen molar-refractivity contribution in [2.75, 3.05) is 19.7 Å². The maximum atomic E-state index is 12.5. The number of aromatic carboxylic acids is 1. The first kappa shape index (κ1) is 17.6. The second-order valence-corrected chi connectivity index (χ2v) is 6.54. The molecule has 0 heterocycles. The number of aliphatic hydroxyl groups is 1. The van der Waals surface area contributed by atoms with Crippen LogP contribution in [0.25, 0.3) is 0 Å². The van der Waals surface area contributed by atoms with Crippen molar-refractivity contribution in [1.29, 1.82) is 0 Å². The van der Waals surface area contributed by atoms with E-state index in [4.69, 9.17) is 5.11 Å². The number of carboxylic acid groups (broad SMARTS) is 1. The van der Waals surface area contributed by atoms with Gasteiger partial charge in [0.05, 0.1) is 17.1 Å². The van der Waals surface area contributed by atoms with Gasteiger partial charge in [0.2, 0.25) is 10.0 Å². The predicted octanol–water partition coefficient (Wildman–Crippen LogP) is 1.34. The van der Waals surface area contributed by atoms with E-state index < -0.39 is 16.0 Å². The highest BCUT2D eigenvalue weighted by Crippen LogP contribution is 2.20. The second kappa shape index (κ2) is 7.53.